The maximum absolute atomic E-state index is 11.6. The van der Waals surface area contributed by atoms with Crippen molar-refractivity contribution in [2.24, 2.45) is 11.8 Å². The second-order valence-electron chi connectivity index (χ2n) is 13.1. The molecule has 0 aromatic heterocycles. The third-order valence-electron chi connectivity index (χ3n) is 9.79. The van der Waals surface area contributed by atoms with E-state index in [1.165, 1.54) is 38.5 Å². The van der Waals surface area contributed by atoms with Crippen LogP contribution in [0.5, 0.6) is 11.5 Å². The SMILES string of the molecule is CCCCC(CC)COc1ccc2c(-c3ccc(C=O)cc3)c3cc(OCC(CC)CCCC)ccc3c(-c3ccc(C=O)cc3)c2c1. The average Bonchev–Trinajstić information content (AvgIpc) is 3.14. The van der Waals surface area contributed by atoms with Crippen molar-refractivity contribution in [3.8, 4) is 33.8 Å². The lowest BCUT2D eigenvalue weighted by molar-refractivity contribution is 0.111. The highest BCUT2D eigenvalue weighted by molar-refractivity contribution is 6.22. The number of fused-ring (bicyclic) bond motifs is 2. The molecule has 2 unspecified atom stereocenters. The molecule has 0 bridgehead atoms. The van der Waals surface area contributed by atoms with Gasteiger partial charge in [0.05, 0.1) is 13.2 Å². The predicted molar refractivity (Wildman–Crippen MR) is 201 cm³/mol. The summed E-state index contributed by atoms with van der Waals surface area (Å²) in [6, 6.07) is 28.5. The Bertz CT molecular complexity index is 1670. The van der Waals surface area contributed by atoms with Crippen molar-refractivity contribution >= 4 is 34.1 Å². The number of hydrogen-bond donors (Lipinski definition) is 0. The fraction of sp³-hybridized carbons (Fsp3) is 0.364. The minimum atomic E-state index is 0.521. The van der Waals surface area contributed by atoms with Gasteiger partial charge in [0, 0.05) is 11.1 Å². The van der Waals surface area contributed by atoms with Gasteiger partial charge in [-0.25, -0.2) is 0 Å². The first kappa shape index (κ1) is 34.9. The van der Waals surface area contributed by atoms with Gasteiger partial charge in [0.25, 0.3) is 0 Å². The summed E-state index contributed by atoms with van der Waals surface area (Å²) in [5.74, 6) is 2.74. The molecule has 5 rings (SSSR count). The van der Waals surface area contributed by atoms with Crippen molar-refractivity contribution in [3.63, 3.8) is 0 Å². The maximum Gasteiger partial charge on any atom is 0.150 e. The van der Waals surface area contributed by atoms with Gasteiger partial charge in [0.1, 0.15) is 24.1 Å². The summed E-state index contributed by atoms with van der Waals surface area (Å²) in [5.41, 5.74) is 5.54. The van der Waals surface area contributed by atoms with Gasteiger partial charge in [0.2, 0.25) is 0 Å². The van der Waals surface area contributed by atoms with Crippen LogP contribution < -0.4 is 9.47 Å². The van der Waals surface area contributed by atoms with Crippen molar-refractivity contribution in [1.29, 1.82) is 0 Å². The minimum absolute atomic E-state index is 0.521. The van der Waals surface area contributed by atoms with Gasteiger partial charge >= 0.3 is 0 Å². The Morgan fingerprint density at radius 3 is 1.25 bits per heavy atom. The molecule has 0 radical (unpaired) electrons. The zero-order valence-corrected chi connectivity index (χ0v) is 29.1. The average molecular weight is 643 g/mol. The number of aldehydes is 2. The minimum Gasteiger partial charge on any atom is -0.493 e. The molecule has 0 heterocycles. The van der Waals surface area contributed by atoms with Gasteiger partial charge in [0.15, 0.2) is 0 Å². The van der Waals surface area contributed by atoms with Crippen molar-refractivity contribution in [2.45, 2.75) is 79.1 Å². The fourth-order valence-corrected chi connectivity index (χ4v) is 6.67. The molecular weight excluding hydrogens is 592 g/mol. The quantitative estimate of drug-likeness (QED) is 0.0705. The lowest BCUT2D eigenvalue weighted by Gasteiger charge is -2.21. The molecule has 0 saturated carbocycles. The van der Waals surface area contributed by atoms with Gasteiger partial charge in [-0.1, -0.05) is 127 Å². The van der Waals surface area contributed by atoms with E-state index < -0.39 is 0 Å². The van der Waals surface area contributed by atoms with Gasteiger partial charge in [-0.2, -0.15) is 0 Å². The number of carbonyl (C=O) groups excluding carboxylic acids is 2. The Hall–Kier alpha value is -4.44. The topological polar surface area (TPSA) is 52.6 Å². The molecule has 4 nitrogen and oxygen atoms in total. The molecule has 5 aromatic rings. The van der Waals surface area contributed by atoms with E-state index in [-0.39, 0.29) is 0 Å². The van der Waals surface area contributed by atoms with E-state index in [2.05, 4.69) is 64.1 Å². The molecule has 0 aliphatic carbocycles. The van der Waals surface area contributed by atoms with Gasteiger partial charge in [-0.15, -0.1) is 0 Å². The Labute approximate surface area is 286 Å². The number of unbranched alkanes of at least 4 members (excludes halogenated alkanes) is 2. The Morgan fingerprint density at radius 1 is 0.521 bits per heavy atom. The molecule has 48 heavy (non-hydrogen) atoms. The third-order valence-corrected chi connectivity index (χ3v) is 9.79. The summed E-state index contributed by atoms with van der Waals surface area (Å²) >= 11 is 0. The lowest BCUT2D eigenvalue weighted by Crippen LogP contribution is -2.11. The molecule has 0 spiro atoms. The van der Waals surface area contributed by atoms with Crippen LogP contribution in [-0.2, 0) is 0 Å². The molecule has 0 aliphatic rings. The Morgan fingerprint density at radius 2 is 0.917 bits per heavy atom. The summed E-state index contributed by atoms with van der Waals surface area (Å²) in [7, 11) is 0. The number of ether oxygens (including phenoxy) is 2. The van der Waals surface area contributed by atoms with Crippen molar-refractivity contribution in [2.75, 3.05) is 13.2 Å². The molecule has 250 valence electrons. The number of benzene rings is 5. The van der Waals surface area contributed by atoms with Gasteiger partial charge in [-0.05, 0) is 92.7 Å². The molecule has 0 fully saturated rings. The van der Waals surface area contributed by atoms with Crippen LogP contribution in [0.2, 0.25) is 0 Å². The van der Waals surface area contributed by atoms with Crippen LogP contribution in [0.4, 0.5) is 0 Å². The lowest BCUT2D eigenvalue weighted by atomic mass is 9.85. The van der Waals surface area contributed by atoms with E-state index in [1.54, 1.807) is 0 Å². The Balaban J connectivity index is 1.71. The highest BCUT2D eigenvalue weighted by atomic mass is 16.5. The molecule has 0 aliphatic heterocycles. The van der Waals surface area contributed by atoms with Crippen LogP contribution in [0.3, 0.4) is 0 Å². The second-order valence-corrected chi connectivity index (χ2v) is 13.1. The highest BCUT2D eigenvalue weighted by Gasteiger charge is 2.19. The van der Waals surface area contributed by atoms with Crippen LogP contribution in [0.1, 0.15) is 99.8 Å². The number of rotatable bonds is 18. The second kappa shape index (κ2) is 17.1. The number of hydrogen-bond acceptors (Lipinski definition) is 4. The number of carbonyl (C=O) groups is 2. The first-order valence-electron chi connectivity index (χ1n) is 17.9. The monoisotopic (exact) mass is 642 g/mol. The predicted octanol–water partition coefficient (Wildman–Crippen LogP) is 12.1. The largest absolute Gasteiger partial charge is 0.493 e. The van der Waals surface area contributed by atoms with Crippen LogP contribution in [-0.4, -0.2) is 25.8 Å². The molecular formula is C44H50O4. The molecule has 0 amide bonds. The van der Waals surface area contributed by atoms with Crippen LogP contribution in [0, 0.1) is 11.8 Å². The van der Waals surface area contributed by atoms with E-state index in [9.17, 15) is 9.59 Å². The van der Waals surface area contributed by atoms with Gasteiger partial charge < -0.3 is 9.47 Å². The summed E-state index contributed by atoms with van der Waals surface area (Å²) in [6.07, 6.45) is 11.1. The molecule has 5 aromatic carbocycles. The zero-order valence-electron chi connectivity index (χ0n) is 29.1. The summed E-state index contributed by atoms with van der Waals surface area (Å²) < 4.78 is 13.0. The third kappa shape index (κ3) is 8.16. The Kier molecular flexibility index (Phi) is 12.4. The zero-order chi connectivity index (χ0) is 33.9. The van der Waals surface area contributed by atoms with E-state index in [1.807, 2.05) is 48.5 Å². The van der Waals surface area contributed by atoms with Crippen molar-refractivity contribution < 1.29 is 19.1 Å². The summed E-state index contributed by atoms with van der Waals surface area (Å²) in [5, 5.41) is 4.34. The van der Waals surface area contributed by atoms with E-state index in [0.29, 0.717) is 36.2 Å². The highest BCUT2D eigenvalue weighted by Crippen LogP contribution is 2.46. The van der Waals surface area contributed by atoms with E-state index >= 15 is 0 Å². The van der Waals surface area contributed by atoms with E-state index in [4.69, 9.17) is 9.47 Å². The van der Waals surface area contributed by atoms with Crippen LogP contribution in [0.15, 0.2) is 84.9 Å². The summed E-state index contributed by atoms with van der Waals surface area (Å²) in [4.78, 5) is 23.1. The molecule has 2 atom stereocenters. The standard InChI is InChI=1S/C44H50O4/c1-5-9-11-31(7-3)29-47-37-21-23-39-41(25-37)43(35-17-13-33(27-45)14-18-35)40-24-22-38(48-30-32(8-4)12-10-6-2)26-42(40)44(39)36-19-15-34(28-46)16-20-36/h13-28,31-32H,5-12,29-30H2,1-4H3. The molecule has 0 N–H and O–H groups in total. The fourth-order valence-electron chi connectivity index (χ4n) is 6.67. The normalized spacial score (nSPS) is 12.6. The van der Waals surface area contributed by atoms with Gasteiger partial charge in [-0.3, -0.25) is 9.59 Å². The van der Waals surface area contributed by atoms with Crippen LogP contribution in [0.25, 0.3) is 43.8 Å². The van der Waals surface area contributed by atoms with E-state index in [0.717, 1.165) is 80.7 Å². The maximum atomic E-state index is 11.6. The van der Waals surface area contributed by atoms with Crippen molar-refractivity contribution in [1.82, 2.24) is 0 Å². The first-order valence-corrected chi connectivity index (χ1v) is 17.9. The molecule has 0 saturated heterocycles. The smallest absolute Gasteiger partial charge is 0.150 e. The molecule has 4 heteroatoms. The summed E-state index contributed by atoms with van der Waals surface area (Å²) in [6.45, 7) is 10.3. The van der Waals surface area contributed by atoms with Crippen molar-refractivity contribution in [3.05, 3.63) is 96.1 Å². The van der Waals surface area contributed by atoms with Crippen LogP contribution >= 0.6 is 0 Å². The first-order chi connectivity index (χ1) is 23.5.